The van der Waals surface area contributed by atoms with Crippen LogP contribution in [-0.4, -0.2) is 44.6 Å². The van der Waals surface area contributed by atoms with Gasteiger partial charge < -0.3 is 15.0 Å². The topological polar surface area (TPSA) is 84.6 Å². The number of amides is 2. The van der Waals surface area contributed by atoms with Crippen molar-refractivity contribution in [3.05, 3.63) is 95.9 Å². The van der Waals surface area contributed by atoms with E-state index in [9.17, 15) is 18.0 Å². The molecule has 12 heteroatoms. The molecule has 1 aliphatic heterocycles. The Balaban J connectivity index is 1.23. The number of urea groups is 1. The normalized spacial score (nSPS) is 15.0. The Labute approximate surface area is 251 Å². The van der Waals surface area contributed by atoms with E-state index in [0.29, 0.717) is 22.4 Å². The molecule has 1 aliphatic rings. The summed E-state index contributed by atoms with van der Waals surface area (Å²) in [6.07, 6.45) is 0.488. The molecule has 3 aromatic carbocycles. The number of ether oxygens (including phenoxy) is 1. The third-order valence-corrected chi connectivity index (χ3v) is 7.59. The Kier molecular flexibility index (Phi) is 9.15. The fourth-order valence-corrected chi connectivity index (χ4v) is 5.52. The van der Waals surface area contributed by atoms with Crippen LogP contribution in [0.2, 0.25) is 0 Å². The predicted molar refractivity (Wildman–Crippen MR) is 163 cm³/mol. The molecule has 1 N–H and O–H groups in total. The number of anilines is 1. The standard InChI is InChI=1S/C31H29F3N6O2S/c1-3-23-7-4-5-8-27(23)39-17-6-18-43-30(39)37-29(41)36-21(2)19-22-9-11-24(12-10-22)28-35-20-40(38-28)25-13-15-26(16-14-25)42-31(32,33)34/h4-5,7-16,19-20H,3,6,17-18H2,1-2H3,(H,36,41)/b21-19+,37-30?. The first-order valence-electron chi connectivity index (χ1n) is 13.6. The molecule has 0 spiro atoms. The number of thioether (sulfide) groups is 1. The lowest BCUT2D eigenvalue weighted by molar-refractivity contribution is -0.274. The van der Waals surface area contributed by atoms with Gasteiger partial charge in [-0.25, -0.2) is 14.5 Å². The first-order chi connectivity index (χ1) is 20.7. The second-order valence-electron chi connectivity index (χ2n) is 9.66. The second-order valence-corrected chi connectivity index (χ2v) is 10.7. The van der Waals surface area contributed by atoms with Crippen LogP contribution >= 0.6 is 11.8 Å². The fourth-order valence-electron chi connectivity index (χ4n) is 4.57. The number of nitrogens with one attached hydrogen (secondary N) is 1. The summed E-state index contributed by atoms with van der Waals surface area (Å²) < 4.78 is 42.6. The SMILES string of the molecule is CCc1ccccc1N1CCCSC1=NC(=O)N/C(C)=C/c1ccc(-c2ncn(-c3ccc(OC(F)(F)F)cc3)n2)cc1. The number of nitrogens with zero attached hydrogens (tertiary/aromatic N) is 5. The van der Waals surface area contributed by atoms with Gasteiger partial charge in [0.05, 0.1) is 5.69 Å². The van der Waals surface area contributed by atoms with Gasteiger partial charge in [0.2, 0.25) is 0 Å². The van der Waals surface area contributed by atoms with E-state index in [1.54, 1.807) is 18.7 Å². The van der Waals surface area contributed by atoms with Crippen molar-refractivity contribution in [3.8, 4) is 22.8 Å². The van der Waals surface area contributed by atoms with Gasteiger partial charge in [-0.2, -0.15) is 4.99 Å². The van der Waals surface area contributed by atoms with Crippen LogP contribution in [0.15, 0.2) is 89.8 Å². The Hall–Kier alpha value is -4.58. The number of aryl methyl sites for hydroxylation is 1. The molecule has 5 rings (SSSR count). The molecule has 4 aromatic rings. The van der Waals surface area contributed by atoms with E-state index in [1.165, 1.54) is 40.8 Å². The number of carbonyl (C=O) groups is 1. The maximum atomic E-state index is 12.8. The number of allylic oxidation sites excluding steroid dienone is 1. The first-order valence-corrected chi connectivity index (χ1v) is 14.6. The second kappa shape index (κ2) is 13.2. The van der Waals surface area contributed by atoms with Gasteiger partial charge in [0.15, 0.2) is 11.0 Å². The van der Waals surface area contributed by atoms with Gasteiger partial charge in [0.25, 0.3) is 0 Å². The highest BCUT2D eigenvalue weighted by Gasteiger charge is 2.31. The zero-order chi connectivity index (χ0) is 30.4. The lowest BCUT2D eigenvalue weighted by Gasteiger charge is -2.31. The van der Waals surface area contributed by atoms with Gasteiger partial charge in [-0.1, -0.05) is 61.2 Å². The van der Waals surface area contributed by atoms with E-state index in [-0.39, 0.29) is 5.75 Å². The molecule has 222 valence electrons. The summed E-state index contributed by atoms with van der Waals surface area (Å²) in [4.78, 5) is 23.7. The monoisotopic (exact) mass is 606 g/mol. The molecule has 43 heavy (non-hydrogen) atoms. The number of aliphatic imine (C=N–C) groups is 1. The van der Waals surface area contributed by atoms with Crippen LogP contribution in [0.25, 0.3) is 23.2 Å². The van der Waals surface area contributed by atoms with E-state index in [1.807, 2.05) is 42.5 Å². The van der Waals surface area contributed by atoms with Crippen LogP contribution in [0.4, 0.5) is 23.7 Å². The summed E-state index contributed by atoms with van der Waals surface area (Å²) in [5, 5.41) is 7.98. The Morgan fingerprint density at radius 3 is 2.56 bits per heavy atom. The van der Waals surface area contributed by atoms with Gasteiger partial charge in [0.1, 0.15) is 12.1 Å². The lowest BCUT2D eigenvalue weighted by atomic mass is 10.1. The minimum absolute atomic E-state index is 0.313. The summed E-state index contributed by atoms with van der Waals surface area (Å²) >= 11 is 1.58. The molecule has 0 unspecified atom stereocenters. The Morgan fingerprint density at radius 2 is 1.84 bits per heavy atom. The third kappa shape index (κ3) is 7.83. The number of hydrogen-bond donors (Lipinski definition) is 1. The van der Waals surface area contributed by atoms with Gasteiger partial charge in [-0.15, -0.1) is 18.3 Å². The van der Waals surface area contributed by atoms with Crippen molar-refractivity contribution in [1.29, 1.82) is 0 Å². The molecule has 2 amide bonds. The van der Waals surface area contributed by atoms with Crippen LogP contribution in [0, 0.1) is 0 Å². The van der Waals surface area contributed by atoms with Crippen molar-refractivity contribution in [2.24, 2.45) is 4.99 Å². The zero-order valence-electron chi connectivity index (χ0n) is 23.5. The molecular formula is C31H29F3N6O2S. The smallest absolute Gasteiger partial charge is 0.406 e. The summed E-state index contributed by atoms with van der Waals surface area (Å²) in [6.45, 7) is 4.73. The lowest BCUT2D eigenvalue weighted by Crippen LogP contribution is -2.36. The number of benzene rings is 3. The van der Waals surface area contributed by atoms with E-state index < -0.39 is 12.4 Å². The summed E-state index contributed by atoms with van der Waals surface area (Å²) in [5.41, 5.74) is 5.09. The summed E-state index contributed by atoms with van der Waals surface area (Å²) in [7, 11) is 0. The van der Waals surface area contributed by atoms with Gasteiger partial charge in [-0.05, 0) is 67.3 Å². The fraction of sp³-hybridized carbons (Fsp3) is 0.226. The maximum absolute atomic E-state index is 12.8. The summed E-state index contributed by atoms with van der Waals surface area (Å²) in [6, 6.07) is 20.6. The molecule has 0 saturated carbocycles. The number of rotatable bonds is 7. The van der Waals surface area contributed by atoms with Crippen molar-refractivity contribution in [2.45, 2.75) is 33.1 Å². The molecule has 8 nitrogen and oxygen atoms in total. The quantitative estimate of drug-likeness (QED) is 0.235. The van der Waals surface area contributed by atoms with Crippen molar-refractivity contribution >= 4 is 34.7 Å². The van der Waals surface area contributed by atoms with Crippen LogP contribution in [0.1, 0.15) is 31.4 Å². The molecule has 1 aromatic heterocycles. The zero-order valence-corrected chi connectivity index (χ0v) is 24.3. The molecular weight excluding hydrogens is 577 g/mol. The molecule has 1 saturated heterocycles. The number of halogens is 3. The average molecular weight is 607 g/mol. The Bertz CT molecular complexity index is 1630. The number of aromatic nitrogens is 3. The summed E-state index contributed by atoms with van der Waals surface area (Å²) in [5.74, 6) is 1.05. The minimum atomic E-state index is -4.75. The number of hydrogen-bond acceptors (Lipinski definition) is 5. The molecule has 0 bridgehead atoms. The van der Waals surface area contributed by atoms with Crippen LogP contribution in [-0.2, 0) is 6.42 Å². The van der Waals surface area contributed by atoms with E-state index >= 15 is 0 Å². The molecule has 0 aliphatic carbocycles. The molecule has 1 fully saturated rings. The van der Waals surface area contributed by atoms with Gasteiger partial charge in [-0.3, -0.25) is 0 Å². The maximum Gasteiger partial charge on any atom is 0.573 e. The van der Waals surface area contributed by atoms with Gasteiger partial charge >= 0.3 is 12.4 Å². The number of alkyl halides is 3. The highest BCUT2D eigenvalue weighted by Crippen LogP contribution is 2.29. The van der Waals surface area contributed by atoms with Crippen LogP contribution < -0.4 is 15.0 Å². The van der Waals surface area contributed by atoms with Crippen molar-refractivity contribution in [1.82, 2.24) is 20.1 Å². The van der Waals surface area contributed by atoms with E-state index in [2.05, 4.69) is 49.1 Å². The van der Waals surface area contributed by atoms with Crippen LogP contribution in [0.5, 0.6) is 5.75 Å². The predicted octanol–water partition coefficient (Wildman–Crippen LogP) is 7.47. The third-order valence-electron chi connectivity index (χ3n) is 6.53. The number of para-hydroxylation sites is 1. The van der Waals surface area contributed by atoms with E-state index in [4.69, 9.17) is 0 Å². The number of amidine groups is 1. The average Bonchev–Trinajstić information content (AvgIpc) is 3.48. The molecule has 2 heterocycles. The highest BCUT2D eigenvalue weighted by atomic mass is 32.2. The Morgan fingerprint density at radius 1 is 1.09 bits per heavy atom. The first kappa shape index (κ1) is 29.9. The van der Waals surface area contributed by atoms with Gasteiger partial charge in [0, 0.05) is 29.2 Å². The van der Waals surface area contributed by atoms with Crippen molar-refractivity contribution < 1.29 is 22.7 Å². The molecule has 0 radical (unpaired) electrons. The number of carbonyl (C=O) groups excluding carboxylic acids is 1. The van der Waals surface area contributed by atoms with Crippen molar-refractivity contribution in [2.75, 3.05) is 17.2 Å². The van der Waals surface area contributed by atoms with Crippen LogP contribution in [0.3, 0.4) is 0 Å². The van der Waals surface area contributed by atoms with Crippen molar-refractivity contribution in [3.63, 3.8) is 0 Å². The largest absolute Gasteiger partial charge is 0.573 e. The van der Waals surface area contributed by atoms with E-state index in [0.717, 1.165) is 42.0 Å². The highest BCUT2D eigenvalue weighted by molar-refractivity contribution is 8.14. The minimum Gasteiger partial charge on any atom is -0.406 e. The molecule has 0 atom stereocenters.